The quantitative estimate of drug-likeness (QED) is 0.775. The lowest BCUT2D eigenvalue weighted by Crippen LogP contribution is -2.27. The summed E-state index contributed by atoms with van der Waals surface area (Å²) in [5.74, 6) is 0.257. The molecule has 0 aliphatic heterocycles. The molecule has 1 unspecified atom stereocenters. The van der Waals surface area contributed by atoms with E-state index in [1.807, 2.05) is 13.8 Å². The number of ether oxygens (including phenoxy) is 1. The monoisotopic (exact) mass is 331 g/mol. The molecule has 1 rings (SSSR count). The molecule has 1 N–H and O–H groups in total. The Kier molecular flexibility index (Phi) is 6.08. The second-order valence-corrected chi connectivity index (χ2v) is 6.76. The summed E-state index contributed by atoms with van der Waals surface area (Å²) in [6.45, 7) is 9.02. The molecule has 1 atom stereocenters. The maximum Gasteiger partial charge on any atom is 0.416 e. The van der Waals surface area contributed by atoms with E-state index in [4.69, 9.17) is 4.74 Å². The zero-order chi connectivity index (χ0) is 17.8. The Morgan fingerprint density at radius 3 is 2.30 bits per heavy atom. The first-order valence-electron chi connectivity index (χ1n) is 7.62. The Balaban J connectivity index is 3.06. The molecule has 130 valence electrons. The lowest BCUT2D eigenvalue weighted by molar-refractivity contribution is -0.137. The third-order valence-electron chi connectivity index (χ3n) is 3.25. The summed E-state index contributed by atoms with van der Waals surface area (Å²) in [5, 5.41) is 2.38. The molecule has 0 fully saturated rings. The molecule has 0 radical (unpaired) electrons. The highest BCUT2D eigenvalue weighted by Crippen LogP contribution is 2.33. The Hall–Kier alpha value is -1.72. The summed E-state index contributed by atoms with van der Waals surface area (Å²) in [6, 6.07) is 3.61. The van der Waals surface area contributed by atoms with Gasteiger partial charge in [0.05, 0.1) is 5.56 Å². The van der Waals surface area contributed by atoms with Gasteiger partial charge in [-0.25, -0.2) is 4.79 Å². The molecular formula is C17H24F3NO2. The summed E-state index contributed by atoms with van der Waals surface area (Å²) in [6.07, 6.45) is -3.85. The second kappa shape index (κ2) is 7.23. The van der Waals surface area contributed by atoms with Crippen molar-refractivity contribution in [2.24, 2.45) is 5.92 Å². The summed E-state index contributed by atoms with van der Waals surface area (Å²) in [5.41, 5.74) is -0.859. The van der Waals surface area contributed by atoms with Gasteiger partial charge in [0.2, 0.25) is 0 Å². The Bertz CT molecular complexity index is 548. The van der Waals surface area contributed by atoms with Crippen LogP contribution in [0.15, 0.2) is 18.2 Å². The van der Waals surface area contributed by atoms with Gasteiger partial charge < -0.3 is 4.74 Å². The lowest BCUT2D eigenvalue weighted by atomic mass is 9.97. The first-order valence-corrected chi connectivity index (χ1v) is 7.62. The number of halogens is 3. The number of hydrogen-bond acceptors (Lipinski definition) is 2. The van der Waals surface area contributed by atoms with Gasteiger partial charge in [-0.15, -0.1) is 0 Å². The van der Waals surface area contributed by atoms with E-state index in [9.17, 15) is 18.0 Å². The summed E-state index contributed by atoms with van der Waals surface area (Å²) < 4.78 is 44.2. The molecule has 0 saturated heterocycles. The van der Waals surface area contributed by atoms with E-state index in [-0.39, 0.29) is 11.6 Å². The number of anilines is 1. The van der Waals surface area contributed by atoms with Crippen molar-refractivity contribution in [2.75, 3.05) is 5.32 Å². The minimum absolute atomic E-state index is 0.0902. The van der Waals surface area contributed by atoms with Gasteiger partial charge >= 0.3 is 12.3 Å². The first kappa shape index (κ1) is 19.3. The largest absolute Gasteiger partial charge is 0.444 e. The fourth-order valence-electron chi connectivity index (χ4n) is 2.01. The molecule has 0 aromatic heterocycles. The minimum Gasteiger partial charge on any atom is -0.444 e. The van der Waals surface area contributed by atoms with Crippen molar-refractivity contribution in [1.82, 2.24) is 0 Å². The Morgan fingerprint density at radius 1 is 1.22 bits per heavy atom. The molecule has 1 amide bonds. The van der Waals surface area contributed by atoms with Gasteiger partial charge in [0.15, 0.2) is 0 Å². The van der Waals surface area contributed by atoms with E-state index in [1.54, 1.807) is 26.8 Å². The van der Waals surface area contributed by atoms with Crippen LogP contribution in [0.25, 0.3) is 0 Å². The smallest absolute Gasteiger partial charge is 0.416 e. The van der Waals surface area contributed by atoms with Crippen molar-refractivity contribution < 1.29 is 22.7 Å². The van der Waals surface area contributed by atoms with Gasteiger partial charge in [-0.05, 0) is 56.9 Å². The number of alkyl halides is 3. The zero-order valence-corrected chi connectivity index (χ0v) is 14.2. The van der Waals surface area contributed by atoms with Crippen molar-refractivity contribution >= 4 is 11.8 Å². The fraction of sp³-hybridized carbons (Fsp3) is 0.588. The maximum atomic E-state index is 13.0. The SMILES string of the molecule is CCC(C)Cc1cc(NC(=O)OC(C)(C)C)cc(C(F)(F)F)c1. The van der Waals surface area contributed by atoms with Crippen molar-refractivity contribution in [2.45, 2.75) is 59.2 Å². The van der Waals surface area contributed by atoms with Crippen LogP contribution in [-0.4, -0.2) is 11.7 Å². The van der Waals surface area contributed by atoms with Gasteiger partial charge in [-0.1, -0.05) is 20.3 Å². The number of benzene rings is 1. The van der Waals surface area contributed by atoms with E-state index in [0.29, 0.717) is 12.0 Å². The molecule has 0 aliphatic rings. The molecule has 3 nitrogen and oxygen atoms in total. The molecule has 1 aromatic rings. The molecule has 0 bridgehead atoms. The number of nitrogens with one attached hydrogen (secondary N) is 1. The number of hydrogen-bond donors (Lipinski definition) is 1. The summed E-state index contributed by atoms with van der Waals surface area (Å²) in [4.78, 5) is 11.8. The standard InChI is InChI=1S/C17H24F3NO2/c1-6-11(2)7-12-8-13(17(18,19)20)10-14(9-12)21-15(22)23-16(3,4)5/h8-11H,6-7H2,1-5H3,(H,21,22). The predicted octanol–water partition coefficient (Wildman–Crippen LogP) is 5.64. The van der Waals surface area contributed by atoms with Crippen molar-refractivity contribution in [3.05, 3.63) is 29.3 Å². The van der Waals surface area contributed by atoms with Gasteiger partial charge in [0.1, 0.15) is 5.60 Å². The summed E-state index contributed by atoms with van der Waals surface area (Å²) in [7, 11) is 0. The predicted molar refractivity (Wildman–Crippen MR) is 84.5 cm³/mol. The molecular weight excluding hydrogens is 307 g/mol. The van der Waals surface area contributed by atoms with Gasteiger partial charge in [0, 0.05) is 5.69 Å². The number of carbonyl (C=O) groups excluding carboxylic acids is 1. The first-order chi connectivity index (χ1) is 10.4. The lowest BCUT2D eigenvalue weighted by Gasteiger charge is -2.20. The van der Waals surface area contributed by atoms with Crippen LogP contribution in [0.2, 0.25) is 0 Å². The molecule has 6 heteroatoms. The summed E-state index contributed by atoms with van der Waals surface area (Å²) >= 11 is 0. The molecule has 0 aliphatic carbocycles. The van der Waals surface area contributed by atoms with Crippen LogP contribution in [0.5, 0.6) is 0 Å². The highest BCUT2D eigenvalue weighted by Gasteiger charge is 2.31. The van der Waals surface area contributed by atoms with Crippen LogP contribution in [0.3, 0.4) is 0 Å². The maximum absolute atomic E-state index is 13.0. The molecule has 0 heterocycles. The Morgan fingerprint density at radius 2 is 1.83 bits per heavy atom. The van der Waals surface area contributed by atoms with Crippen LogP contribution in [0, 0.1) is 5.92 Å². The topological polar surface area (TPSA) is 38.3 Å². The van der Waals surface area contributed by atoms with E-state index in [1.165, 1.54) is 0 Å². The van der Waals surface area contributed by atoms with Crippen LogP contribution >= 0.6 is 0 Å². The average molecular weight is 331 g/mol. The number of rotatable bonds is 4. The molecule has 0 saturated carbocycles. The highest BCUT2D eigenvalue weighted by atomic mass is 19.4. The van der Waals surface area contributed by atoms with Crippen LogP contribution in [0.1, 0.15) is 52.2 Å². The molecule has 1 aromatic carbocycles. The fourth-order valence-corrected chi connectivity index (χ4v) is 2.01. The van der Waals surface area contributed by atoms with Crippen molar-refractivity contribution in [1.29, 1.82) is 0 Å². The van der Waals surface area contributed by atoms with Gasteiger partial charge in [0.25, 0.3) is 0 Å². The van der Waals surface area contributed by atoms with E-state index < -0.39 is 23.4 Å². The van der Waals surface area contributed by atoms with Gasteiger partial charge in [-0.2, -0.15) is 13.2 Å². The Labute approximate surface area is 135 Å². The van der Waals surface area contributed by atoms with E-state index in [0.717, 1.165) is 18.6 Å². The third kappa shape index (κ3) is 6.93. The van der Waals surface area contributed by atoms with Crippen molar-refractivity contribution in [3.63, 3.8) is 0 Å². The van der Waals surface area contributed by atoms with Gasteiger partial charge in [-0.3, -0.25) is 5.32 Å². The number of amides is 1. The minimum atomic E-state index is -4.46. The van der Waals surface area contributed by atoms with Crippen LogP contribution < -0.4 is 5.32 Å². The second-order valence-electron chi connectivity index (χ2n) is 6.76. The third-order valence-corrected chi connectivity index (χ3v) is 3.25. The van der Waals surface area contributed by atoms with E-state index in [2.05, 4.69) is 5.32 Å². The zero-order valence-electron chi connectivity index (χ0n) is 14.2. The average Bonchev–Trinajstić information content (AvgIpc) is 2.34. The van der Waals surface area contributed by atoms with Crippen LogP contribution in [-0.2, 0) is 17.3 Å². The van der Waals surface area contributed by atoms with Crippen molar-refractivity contribution in [3.8, 4) is 0 Å². The highest BCUT2D eigenvalue weighted by molar-refractivity contribution is 5.85. The molecule has 0 spiro atoms. The normalized spacial score (nSPS) is 13.6. The van der Waals surface area contributed by atoms with E-state index >= 15 is 0 Å². The molecule has 23 heavy (non-hydrogen) atoms. The number of carbonyl (C=O) groups is 1. The van der Waals surface area contributed by atoms with Crippen LogP contribution in [0.4, 0.5) is 23.7 Å².